The number of imidazole rings is 1. The van der Waals surface area contributed by atoms with Crippen molar-refractivity contribution in [2.24, 2.45) is 0 Å². The second kappa shape index (κ2) is 12.3. The lowest BCUT2D eigenvalue weighted by Crippen LogP contribution is -2.26. The summed E-state index contributed by atoms with van der Waals surface area (Å²) in [4.78, 5) is 16.6. The number of para-hydroxylation sites is 2. The summed E-state index contributed by atoms with van der Waals surface area (Å²) < 4.78 is 8.25. The maximum atomic E-state index is 11.8. The zero-order valence-electron chi connectivity index (χ0n) is 19.8. The first-order valence-corrected chi connectivity index (χ1v) is 12.1. The van der Waals surface area contributed by atoms with E-state index >= 15 is 0 Å². The maximum Gasteiger partial charge on any atom is 0.219 e. The van der Waals surface area contributed by atoms with Crippen LogP contribution < -0.4 is 10.1 Å². The predicted octanol–water partition coefficient (Wildman–Crippen LogP) is 5.87. The van der Waals surface area contributed by atoms with Gasteiger partial charge in [0, 0.05) is 25.9 Å². The van der Waals surface area contributed by atoms with Crippen molar-refractivity contribution in [3.05, 3.63) is 59.9 Å². The van der Waals surface area contributed by atoms with E-state index in [-0.39, 0.29) is 5.91 Å². The number of aryl methyl sites for hydroxylation is 1. The number of carbonyl (C=O) groups excluding carboxylic acids is 1. The second-order valence-electron chi connectivity index (χ2n) is 8.45. The molecule has 1 amide bonds. The molecule has 0 bridgehead atoms. The second-order valence-corrected chi connectivity index (χ2v) is 8.45. The molecule has 0 spiro atoms. The zero-order valence-corrected chi connectivity index (χ0v) is 19.8. The number of ether oxygens (including phenoxy) is 1. The van der Waals surface area contributed by atoms with Crippen LogP contribution in [0.4, 0.5) is 0 Å². The zero-order chi connectivity index (χ0) is 22.8. The van der Waals surface area contributed by atoms with Gasteiger partial charge in [-0.1, -0.05) is 45.0 Å². The van der Waals surface area contributed by atoms with Crippen LogP contribution in [-0.2, 0) is 17.8 Å². The van der Waals surface area contributed by atoms with Crippen molar-refractivity contribution >= 4 is 16.9 Å². The van der Waals surface area contributed by atoms with Crippen molar-refractivity contribution in [2.75, 3.05) is 13.2 Å². The van der Waals surface area contributed by atoms with E-state index in [1.807, 2.05) is 13.0 Å². The molecule has 0 saturated carbocycles. The summed E-state index contributed by atoms with van der Waals surface area (Å²) in [5.74, 6) is 2.67. The van der Waals surface area contributed by atoms with Gasteiger partial charge in [-0.2, -0.15) is 0 Å². The molecule has 172 valence electrons. The van der Waals surface area contributed by atoms with E-state index in [1.165, 1.54) is 5.56 Å². The highest BCUT2D eigenvalue weighted by molar-refractivity contribution is 5.76. The molecular formula is C27H37N3O2. The fourth-order valence-electron chi connectivity index (χ4n) is 3.89. The van der Waals surface area contributed by atoms with Crippen molar-refractivity contribution in [2.45, 2.75) is 71.8 Å². The van der Waals surface area contributed by atoms with E-state index in [0.717, 1.165) is 61.3 Å². The number of carbonyl (C=O) groups is 1. The van der Waals surface area contributed by atoms with Gasteiger partial charge in [-0.15, -0.1) is 0 Å². The quantitative estimate of drug-likeness (QED) is 0.342. The van der Waals surface area contributed by atoms with Crippen molar-refractivity contribution in [3.8, 4) is 5.75 Å². The molecule has 0 aliphatic rings. The Bertz CT molecular complexity index is 978. The van der Waals surface area contributed by atoms with Crippen LogP contribution in [0.1, 0.15) is 70.2 Å². The molecule has 1 unspecified atom stereocenters. The van der Waals surface area contributed by atoms with Crippen LogP contribution in [-0.4, -0.2) is 28.6 Å². The largest absolute Gasteiger partial charge is 0.494 e. The molecule has 5 heteroatoms. The predicted molar refractivity (Wildman–Crippen MR) is 131 cm³/mol. The minimum Gasteiger partial charge on any atom is -0.494 e. The number of nitrogens with zero attached hydrogens (tertiary/aromatic N) is 2. The maximum absolute atomic E-state index is 11.8. The first kappa shape index (κ1) is 23.8. The molecule has 0 fully saturated rings. The summed E-state index contributed by atoms with van der Waals surface area (Å²) in [6.45, 7) is 8.71. The average Bonchev–Trinajstić information content (AvgIpc) is 3.16. The Morgan fingerprint density at radius 3 is 2.62 bits per heavy atom. The number of aromatic nitrogens is 2. The van der Waals surface area contributed by atoms with Crippen LogP contribution in [0.15, 0.2) is 48.5 Å². The van der Waals surface area contributed by atoms with E-state index in [9.17, 15) is 4.79 Å². The van der Waals surface area contributed by atoms with Crippen molar-refractivity contribution < 1.29 is 9.53 Å². The van der Waals surface area contributed by atoms with Crippen molar-refractivity contribution in [1.82, 2.24) is 14.9 Å². The molecule has 1 N–H and O–H groups in total. The van der Waals surface area contributed by atoms with Crippen LogP contribution in [0, 0.1) is 0 Å². The van der Waals surface area contributed by atoms with Crippen molar-refractivity contribution in [3.63, 3.8) is 0 Å². The number of benzene rings is 2. The first-order chi connectivity index (χ1) is 15.6. The van der Waals surface area contributed by atoms with Crippen LogP contribution >= 0.6 is 0 Å². The van der Waals surface area contributed by atoms with Gasteiger partial charge in [-0.25, -0.2) is 4.98 Å². The fourth-order valence-corrected chi connectivity index (χ4v) is 3.89. The molecule has 3 aromatic rings. The van der Waals surface area contributed by atoms with E-state index in [1.54, 1.807) is 0 Å². The minimum absolute atomic E-state index is 0.115. The lowest BCUT2D eigenvalue weighted by atomic mass is 9.99. The molecule has 32 heavy (non-hydrogen) atoms. The van der Waals surface area contributed by atoms with Crippen LogP contribution in [0.2, 0.25) is 0 Å². The minimum atomic E-state index is 0.115. The summed E-state index contributed by atoms with van der Waals surface area (Å²) in [7, 11) is 0. The van der Waals surface area contributed by atoms with E-state index < -0.39 is 0 Å². The molecule has 0 radical (unpaired) electrons. The van der Waals surface area contributed by atoms with Crippen LogP contribution in [0.25, 0.3) is 11.0 Å². The number of hydrogen-bond donors (Lipinski definition) is 1. The molecule has 1 heterocycles. The highest BCUT2D eigenvalue weighted by atomic mass is 16.5. The lowest BCUT2D eigenvalue weighted by molar-refractivity contribution is -0.121. The lowest BCUT2D eigenvalue weighted by Gasteiger charge is -2.12. The summed E-state index contributed by atoms with van der Waals surface area (Å²) >= 11 is 0. The van der Waals surface area contributed by atoms with Gasteiger partial charge in [0.1, 0.15) is 11.6 Å². The molecule has 5 nitrogen and oxygen atoms in total. The van der Waals surface area contributed by atoms with Crippen LogP contribution in [0.3, 0.4) is 0 Å². The first-order valence-electron chi connectivity index (χ1n) is 12.1. The number of amides is 1. The molecule has 0 aliphatic heterocycles. The van der Waals surface area contributed by atoms with E-state index in [4.69, 9.17) is 9.72 Å². The van der Waals surface area contributed by atoms with Gasteiger partial charge in [0.2, 0.25) is 5.91 Å². The number of rotatable bonds is 13. The van der Waals surface area contributed by atoms with E-state index in [2.05, 4.69) is 66.2 Å². The Kier molecular flexibility index (Phi) is 9.14. The molecule has 2 aromatic carbocycles. The monoisotopic (exact) mass is 435 g/mol. The van der Waals surface area contributed by atoms with Gasteiger partial charge in [0.15, 0.2) is 0 Å². The van der Waals surface area contributed by atoms with Gasteiger partial charge < -0.3 is 14.6 Å². The number of nitrogens with one attached hydrogen (secondary N) is 1. The third kappa shape index (κ3) is 6.59. The Labute approximate surface area is 192 Å². The average molecular weight is 436 g/mol. The Balaban J connectivity index is 1.51. The number of hydrogen-bond acceptors (Lipinski definition) is 3. The normalized spacial score (nSPS) is 12.1. The van der Waals surface area contributed by atoms with Crippen molar-refractivity contribution in [1.29, 1.82) is 0 Å². The highest BCUT2D eigenvalue weighted by Crippen LogP contribution is 2.22. The number of fused-ring (bicyclic) bond motifs is 1. The van der Waals surface area contributed by atoms with Gasteiger partial charge >= 0.3 is 0 Å². The fraction of sp³-hybridized carbons (Fsp3) is 0.481. The Morgan fingerprint density at radius 2 is 1.88 bits per heavy atom. The smallest absolute Gasteiger partial charge is 0.219 e. The standard InChI is InChI=1S/C27H37N3O2/c1-4-10-27(31)28-18-17-26-29-24-11-6-7-12-25(24)30(26)19-8-9-20-32-23-15-13-22(14-16-23)21(3)5-2/h6-7,11-16,21H,4-5,8-10,17-20H2,1-3H3,(H,28,31). The van der Waals surface area contributed by atoms with Gasteiger partial charge in [-0.05, 0) is 61.4 Å². The summed E-state index contributed by atoms with van der Waals surface area (Å²) in [6, 6.07) is 16.8. The molecule has 1 atom stereocenters. The van der Waals surface area contributed by atoms with Gasteiger partial charge in [0.05, 0.1) is 17.6 Å². The Morgan fingerprint density at radius 1 is 1.09 bits per heavy atom. The topological polar surface area (TPSA) is 56.2 Å². The summed E-state index contributed by atoms with van der Waals surface area (Å²) in [6.07, 6.45) is 5.33. The summed E-state index contributed by atoms with van der Waals surface area (Å²) in [5.41, 5.74) is 3.54. The molecule has 0 aliphatic carbocycles. The third-order valence-electron chi connectivity index (χ3n) is 5.99. The highest BCUT2D eigenvalue weighted by Gasteiger charge is 2.11. The number of unbranched alkanes of at least 4 members (excludes halogenated alkanes) is 1. The molecule has 1 aromatic heterocycles. The molecule has 3 rings (SSSR count). The Hall–Kier alpha value is -2.82. The van der Waals surface area contributed by atoms with Gasteiger partial charge in [0.25, 0.3) is 0 Å². The summed E-state index contributed by atoms with van der Waals surface area (Å²) in [5, 5.41) is 3.00. The van der Waals surface area contributed by atoms with Crippen LogP contribution in [0.5, 0.6) is 5.75 Å². The van der Waals surface area contributed by atoms with E-state index in [0.29, 0.717) is 25.5 Å². The molecular weight excluding hydrogens is 398 g/mol. The molecule has 0 saturated heterocycles. The van der Waals surface area contributed by atoms with Gasteiger partial charge in [-0.3, -0.25) is 4.79 Å². The third-order valence-corrected chi connectivity index (χ3v) is 5.99. The SMILES string of the molecule is CCCC(=O)NCCc1nc2ccccc2n1CCCCOc1ccc(C(C)CC)cc1.